The van der Waals surface area contributed by atoms with Gasteiger partial charge in [0.05, 0.1) is 18.8 Å². The van der Waals surface area contributed by atoms with Gasteiger partial charge in [-0.15, -0.1) is 12.4 Å². The molecule has 0 aliphatic heterocycles. The smallest absolute Gasteiger partial charge is 0.0897 e. The van der Waals surface area contributed by atoms with Crippen LogP contribution in [-0.4, -0.2) is 36.5 Å². The molecule has 0 amide bonds. The number of nitrogens with one attached hydrogen (secondary N) is 1. The molecule has 4 atom stereocenters. The summed E-state index contributed by atoms with van der Waals surface area (Å²) in [5, 5.41) is 13.8. The molecule has 23 heavy (non-hydrogen) atoms. The van der Waals surface area contributed by atoms with Gasteiger partial charge in [-0.1, -0.05) is 40.0 Å². The molecular weight excluding hydrogens is 310 g/mol. The first-order valence-corrected chi connectivity index (χ1v) is 9.46. The summed E-state index contributed by atoms with van der Waals surface area (Å²) in [6, 6.07) is 0.613. The van der Waals surface area contributed by atoms with E-state index in [1.54, 1.807) is 0 Å². The van der Waals surface area contributed by atoms with E-state index in [4.69, 9.17) is 4.74 Å². The van der Waals surface area contributed by atoms with Crippen molar-refractivity contribution in [3.63, 3.8) is 0 Å². The molecule has 0 aromatic carbocycles. The highest BCUT2D eigenvalue weighted by molar-refractivity contribution is 5.85. The van der Waals surface area contributed by atoms with Crippen LogP contribution in [-0.2, 0) is 4.74 Å². The lowest BCUT2D eigenvalue weighted by Gasteiger charge is -2.39. The zero-order chi connectivity index (χ0) is 15.8. The first-order chi connectivity index (χ1) is 10.4. The summed E-state index contributed by atoms with van der Waals surface area (Å²) in [7, 11) is 0. The monoisotopic (exact) mass is 345 g/mol. The van der Waals surface area contributed by atoms with Gasteiger partial charge >= 0.3 is 0 Å². The second-order valence-electron chi connectivity index (χ2n) is 8.83. The molecule has 3 aliphatic carbocycles. The molecule has 3 rings (SSSR count). The van der Waals surface area contributed by atoms with Crippen molar-refractivity contribution in [1.82, 2.24) is 5.32 Å². The zero-order valence-electron chi connectivity index (χ0n) is 15.1. The lowest BCUT2D eigenvalue weighted by molar-refractivity contribution is -0.0745. The molecule has 0 aromatic heterocycles. The summed E-state index contributed by atoms with van der Waals surface area (Å²) in [4.78, 5) is 0. The molecule has 2 N–H and O–H groups in total. The summed E-state index contributed by atoms with van der Waals surface area (Å²) < 4.78 is 6.19. The third-order valence-electron chi connectivity index (χ3n) is 7.45. The maximum Gasteiger partial charge on any atom is 0.0897 e. The Morgan fingerprint density at radius 3 is 2.39 bits per heavy atom. The van der Waals surface area contributed by atoms with Gasteiger partial charge in [-0.05, 0) is 48.9 Å². The molecule has 3 saturated carbocycles. The van der Waals surface area contributed by atoms with Gasteiger partial charge in [0.25, 0.3) is 0 Å². The van der Waals surface area contributed by atoms with Crippen LogP contribution < -0.4 is 5.32 Å². The quantitative estimate of drug-likeness (QED) is 0.766. The average Bonchev–Trinajstić information content (AvgIpc) is 2.85. The molecule has 3 fully saturated rings. The fourth-order valence-corrected chi connectivity index (χ4v) is 5.28. The van der Waals surface area contributed by atoms with Gasteiger partial charge in [0.15, 0.2) is 0 Å². The van der Waals surface area contributed by atoms with E-state index in [9.17, 15) is 5.11 Å². The average molecular weight is 346 g/mol. The number of halogens is 1. The molecule has 3 aliphatic rings. The minimum absolute atomic E-state index is 0. The van der Waals surface area contributed by atoms with Gasteiger partial charge in [0.1, 0.15) is 0 Å². The molecule has 136 valence electrons. The predicted molar refractivity (Wildman–Crippen MR) is 97.1 cm³/mol. The van der Waals surface area contributed by atoms with Crippen LogP contribution in [0.1, 0.15) is 72.1 Å². The highest BCUT2D eigenvalue weighted by atomic mass is 35.5. The maximum absolute atomic E-state index is 10.2. The van der Waals surface area contributed by atoms with Crippen LogP contribution in [0.15, 0.2) is 0 Å². The van der Waals surface area contributed by atoms with E-state index in [2.05, 4.69) is 26.1 Å². The van der Waals surface area contributed by atoms with Crippen LogP contribution in [0.2, 0.25) is 0 Å². The Balaban J connectivity index is 0.00000192. The van der Waals surface area contributed by atoms with E-state index >= 15 is 0 Å². The van der Waals surface area contributed by atoms with Crippen LogP contribution in [0.3, 0.4) is 0 Å². The number of rotatable bonds is 6. The summed E-state index contributed by atoms with van der Waals surface area (Å²) in [6.07, 6.45) is 10.4. The molecule has 0 heterocycles. The SMILES string of the molecule is CC1(C)C2CCC1(C)C(OCC(O)CNC1CCCCC1)C2.Cl. The zero-order valence-corrected chi connectivity index (χ0v) is 16.0. The third-order valence-corrected chi connectivity index (χ3v) is 7.45. The van der Waals surface area contributed by atoms with Gasteiger partial charge in [-0.2, -0.15) is 0 Å². The van der Waals surface area contributed by atoms with Crippen LogP contribution >= 0.6 is 12.4 Å². The molecule has 0 spiro atoms. The van der Waals surface area contributed by atoms with Crippen molar-refractivity contribution in [1.29, 1.82) is 0 Å². The highest BCUT2D eigenvalue weighted by Gasteiger charge is 2.61. The molecule has 2 bridgehead atoms. The Morgan fingerprint density at radius 1 is 1.13 bits per heavy atom. The lowest BCUT2D eigenvalue weighted by atomic mass is 9.70. The highest BCUT2D eigenvalue weighted by Crippen LogP contribution is 2.66. The van der Waals surface area contributed by atoms with E-state index in [1.807, 2.05) is 0 Å². The molecule has 4 heteroatoms. The van der Waals surface area contributed by atoms with Crippen molar-refractivity contribution >= 4 is 12.4 Å². The number of aliphatic hydroxyl groups excluding tert-OH is 1. The fourth-order valence-electron chi connectivity index (χ4n) is 5.28. The lowest BCUT2D eigenvalue weighted by Crippen LogP contribution is -2.41. The summed E-state index contributed by atoms with van der Waals surface area (Å²) in [5.41, 5.74) is 0.692. The Bertz CT molecular complexity index is 384. The standard InChI is InChI=1S/C19H35NO2.ClH/c1-18(2)14-9-10-19(18,3)17(11-14)22-13-16(21)12-20-15-7-5-4-6-8-15;/h14-17,20-21H,4-13H2,1-3H3;1H. The molecular formula is C19H36ClNO2. The maximum atomic E-state index is 10.2. The summed E-state index contributed by atoms with van der Waals surface area (Å²) in [6.45, 7) is 8.39. The largest absolute Gasteiger partial charge is 0.389 e. The minimum atomic E-state index is -0.368. The third kappa shape index (κ3) is 3.73. The topological polar surface area (TPSA) is 41.5 Å². The van der Waals surface area contributed by atoms with E-state index in [0.717, 1.165) is 5.92 Å². The Morgan fingerprint density at radius 2 is 1.83 bits per heavy atom. The van der Waals surface area contributed by atoms with Crippen molar-refractivity contribution in [3.05, 3.63) is 0 Å². The number of aliphatic hydroxyl groups is 1. The van der Waals surface area contributed by atoms with Crippen LogP contribution in [0.4, 0.5) is 0 Å². The van der Waals surface area contributed by atoms with Gasteiger partial charge in [0, 0.05) is 12.6 Å². The van der Waals surface area contributed by atoms with E-state index in [-0.39, 0.29) is 18.5 Å². The minimum Gasteiger partial charge on any atom is -0.389 e. The van der Waals surface area contributed by atoms with Crippen molar-refractivity contribution in [2.24, 2.45) is 16.7 Å². The van der Waals surface area contributed by atoms with Gasteiger partial charge in [-0.25, -0.2) is 0 Å². The van der Waals surface area contributed by atoms with Crippen molar-refractivity contribution < 1.29 is 9.84 Å². The molecule has 4 unspecified atom stereocenters. The van der Waals surface area contributed by atoms with Crippen molar-refractivity contribution in [2.45, 2.75) is 90.4 Å². The molecule has 0 saturated heterocycles. The number of hydrogen-bond donors (Lipinski definition) is 2. The second kappa shape index (κ2) is 7.59. The van der Waals surface area contributed by atoms with Crippen LogP contribution in [0.25, 0.3) is 0 Å². The fraction of sp³-hybridized carbons (Fsp3) is 1.00. The van der Waals surface area contributed by atoms with Crippen LogP contribution in [0, 0.1) is 16.7 Å². The summed E-state index contributed by atoms with van der Waals surface area (Å²) >= 11 is 0. The Kier molecular flexibility index (Phi) is 6.44. The molecule has 0 radical (unpaired) electrons. The Labute approximate surface area is 148 Å². The van der Waals surface area contributed by atoms with Crippen molar-refractivity contribution in [3.8, 4) is 0 Å². The number of hydrogen-bond acceptors (Lipinski definition) is 3. The normalized spacial score (nSPS) is 37.6. The van der Waals surface area contributed by atoms with E-state index < -0.39 is 0 Å². The van der Waals surface area contributed by atoms with Crippen molar-refractivity contribution in [2.75, 3.05) is 13.2 Å². The Hall–Kier alpha value is 0.170. The number of fused-ring (bicyclic) bond motifs is 2. The van der Waals surface area contributed by atoms with Gasteiger partial charge in [-0.3, -0.25) is 0 Å². The van der Waals surface area contributed by atoms with Gasteiger partial charge < -0.3 is 15.2 Å². The van der Waals surface area contributed by atoms with Gasteiger partial charge in [0.2, 0.25) is 0 Å². The van der Waals surface area contributed by atoms with E-state index in [0.29, 0.717) is 36.1 Å². The van der Waals surface area contributed by atoms with Crippen LogP contribution in [0.5, 0.6) is 0 Å². The number of ether oxygens (including phenoxy) is 1. The molecule has 0 aromatic rings. The molecule has 3 nitrogen and oxygen atoms in total. The predicted octanol–water partition coefficient (Wildman–Crippen LogP) is 3.92. The second-order valence-corrected chi connectivity index (χ2v) is 8.83. The van der Waals surface area contributed by atoms with E-state index in [1.165, 1.54) is 51.4 Å². The summed E-state index contributed by atoms with van der Waals surface area (Å²) in [5.74, 6) is 0.806. The first-order valence-electron chi connectivity index (χ1n) is 9.46. The first kappa shape index (κ1) is 19.5.